The van der Waals surface area contributed by atoms with Gasteiger partial charge in [0, 0.05) is 28.3 Å². The van der Waals surface area contributed by atoms with Crippen LogP contribution in [0.5, 0.6) is 0 Å². The first kappa shape index (κ1) is 37.2. The molecule has 0 saturated carbocycles. The van der Waals surface area contributed by atoms with Crippen molar-refractivity contribution in [3.8, 4) is 0 Å². The monoisotopic (exact) mass is 994 g/mol. The molecule has 0 heterocycles. The lowest BCUT2D eigenvalue weighted by atomic mass is 10.2. The van der Waals surface area contributed by atoms with Crippen LogP contribution in [0.15, 0.2) is 36.4 Å². The minimum Gasteiger partial charge on any atom is -0.325 e. The van der Waals surface area contributed by atoms with Gasteiger partial charge in [-0.3, -0.25) is 24.0 Å². The van der Waals surface area contributed by atoms with Crippen LogP contribution in [0.1, 0.15) is 29.8 Å². The predicted octanol–water partition coefficient (Wildman–Crippen LogP) is 6.58. The van der Waals surface area contributed by atoms with Crippen LogP contribution in [-0.2, 0) is 19.2 Å². The van der Waals surface area contributed by atoms with E-state index in [2.05, 4.69) is 21.3 Å². The summed E-state index contributed by atoms with van der Waals surface area (Å²) in [6.07, 6.45) is 0. The van der Waals surface area contributed by atoms with Gasteiger partial charge in [-0.15, -0.1) is 0 Å². The normalized spacial score (nSPS) is 9.47. The molecule has 2 rings (SSSR count). The SMILES string of the molecule is CC.Cc1cc(NC(=O)CI)cc(NC(=O)CI)c1.O=C(CI)Nc1cc(NC(=O)CI)cc(C(=O)Cl)c1. The molecular weight excluding hydrogens is 967 g/mol. The molecule has 0 aromatic heterocycles. The number of rotatable bonds is 9. The number of carbonyl (C=O) groups is 5. The minimum absolute atomic E-state index is 0.0534. The lowest BCUT2D eigenvalue weighted by molar-refractivity contribution is -0.114. The van der Waals surface area contributed by atoms with Crippen molar-refractivity contribution < 1.29 is 24.0 Å². The third kappa shape index (κ3) is 15.7. The Balaban J connectivity index is 0.000000680. The molecule has 2 aromatic carbocycles. The lowest BCUT2D eigenvalue weighted by Gasteiger charge is -2.09. The summed E-state index contributed by atoms with van der Waals surface area (Å²) in [7, 11) is 0. The van der Waals surface area contributed by atoms with Crippen LogP contribution in [0, 0.1) is 6.92 Å². The van der Waals surface area contributed by atoms with Crippen molar-refractivity contribution in [1.29, 1.82) is 0 Å². The van der Waals surface area contributed by atoms with E-state index in [0.29, 0.717) is 31.6 Å². The Hall–Kier alpha value is -0.800. The van der Waals surface area contributed by atoms with Crippen molar-refractivity contribution in [2.75, 3.05) is 39.0 Å². The molecule has 0 fully saturated rings. The second kappa shape index (κ2) is 21.0. The van der Waals surface area contributed by atoms with Crippen molar-refractivity contribution >= 4 is 154 Å². The zero-order chi connectivity index (χ0) is 29.3. The molecule has 38 heavy (non-hydrogen) atoms. The van der Waals surface area contributed by atoms with Gasteiger partial charge in [-0.25, -0.2) is 0 Å². The quantitative estimate of drug-likeness (QED) is 0.128. The summed E-state index contributed by atoms with van der Waals surface area (Å²) >= 11 is 13.3. The van der Waals surface area contributed by atoms with Gasteiger partial charge >= 0.3 is 0 Å². The summed E-state index contributed by atoms with van der Waals surface area (Å²) in [6.45, 7) is 5.92. The van der Waals surface area contributed by atoms with E-state index in [4.69, 9.17) is 11.6 Å². The standard InChI is InChI=1S/C11H9ClI2N2O3.C11H12I2N2O2.C2H6/c12-11(19)6-1-7(15-9(17)4-13)3-8(2-6)16-10(18)5-14;1-7-2-8(14-10(16)5-12)4-9(3-7)15-11(17)6-13;1-2/h1-3H,4-5H2,(H,15,17)(H,16,18);2-4H,5-6H2,1H3,(H,14,16)(H,15,17);1-2H3. The van der Waals surface area contributed by atoms with Gasteiger partial charge < -0.3 is 21.3 Å². The van der Waals surface area contributed by atoms with E-state index in [0.717, 1.165) is 5.56 Å². The molecule has 4 N–H and O–H groups in total. The Labute approximate surface area is 281 Å². The van der Waals surface area contributed by atoms with Gasteiger partial charge in [0.15, 0.2) is 0 Å². The van der Waals surface area contributed by atoms with E-state index < -0.39 is 5.24 Å². The maximum absolute atomic E-state index is 11.3. The number of benzene rings is 2. The summed E-state index contributed by atoms with van der Waals surface area (Å²) < 4.78 is 1.38. The van der Waals surface area contributed by atoms with E-state index in [1.54, 1.807) is 12.1 Å². The first-order valence-corrected chi connectivity index (χ1v) is 17.4. The van der Waals surface area contributed by atoms with E-state index >= 15 is 0 Å². The first-order chi connectivity index (χ1) is 18.0. The van der Waals surface area contributed by atoms with Crippen molar-refractivity contribution in [2.24, 2.45) is 0 Å². The van der Waals surface area contributed by atoms with Crippen molar-refractivity contribution in [2.45, 2.75) is 20.8 Å². The molecule has 0 unspecified atom stereocenters. The maximum atomic E-state index is 11.3. The Morgan fingerprint density at radius 3 is 1.08 bits per heavy atom. The zero-order valence-corrected chi connectivity index (χ0v) is 30.1. The number of hydrogen-bond acceptors (Lipinski definition) is 5. The van der Waals surface area contributed by atoms with E-state index in [9.17, 15) is 24.0 Å². The number of anilines is 4. The van der Waals surface area contributed by atoms with E-state index in [-0.39, 0.29) is 38.0 Å². The maximum Gasteiger partial charge on any atom is 0.252 e. The Morgan fingerprint density at radius 1 is 0.579 bits per heavy atom. The lowest BCUT2D eigenvalue weighted by Crippen LogP contribution is -2.15. The number of amides is 4. The average molecular weight is 995 g/mol. The van der Waals surface area contributed by atoms with Gasteiger partial charge in [0.1, 0.15) is 0 Å². The van der Waals surface area contributed by atoms with Gasteiger partial charge in [0.2, 0.25) is 23.6 Å². The number of alkyl halides is 4. The number of halogens is 5. The summed E-state index contributed by atoms with van der Waals surface area (Å²) in [5.41, 5.74) is 3.43. The van der Waals surface area contributed by atoms with Gasteiger partial charge in [-0.2, -0.15) is 0 Å². The summed E-state index contributed by atoms with van der Waals surface area (Å²) in [5.74, 6) is -0.512. The number of carbonyl (C=O) groups excluding carboxylic acids is 5. The minimum atomic E-state index is -0.657. The molecule has 0 saturated heterocycles. The van der Waals surface area contributed by atoms with Crippen LogP contribution in [0.25, 0.3) is 0 Å². The van der Waals surface area contributed by atoms with E-state index in [1.807, 2.05) is 123 Å². The molecule has 0 aliphatic rings. The predicted molar refractivity (Wildman–Crippen MR) is 189 cm³/mol. The highest BCUT2D eigenvalue weighted by Gasteiger charge is 2.10. The van der Waals surface area contributed by atoms with Gasteiger partial charge in [0.05, 0.1) is 17.7 Å². The number of nitrogens with one attached hydrogen (secondary N) is 4. The van der Waals surface area contributed by atoms with Gasteiger partial charge in [-0.05, 0) is 60.5 Å². The van der Waals surface area contributed by atoms with Crippen molar-refractivity contribution in [3.05, 3.63) is 47.5 Å². The van der Waals surface area contributed by atoms with Crippen LogP contribution < -0.4 is 21.3 Å². The Kier molecular flexibility index (Phi) is 20.6. The second-order valence-corrected chi connectivity index (χ2v) is 10.3. The molecular formula is C24H27ClI4N4O5. The van der Waals surface area contributed by atoms with Crippen LogP contribution in [0.3, 0.4) is 0 Å². The third-order valence-corrected chi connectivity index (χ3v) is 6.85. The highest BCUT2D eigenvalue weighted by Crippen LogP contribution is 2.21. The number of aryl methyl sites for hydroxylation is 1. The van der Waals surface area contributed by atoms with E-state index in [1.165, 1.54) is 12.1 Å². The largest absolute Gasteiger partial charge is 0.325 e. The average Bonchev–Trinajstić information content (AvgIpc) is 2.89. The molecule has 4 amide bonds. The highest BCUT2D eigenvalue weighted by atomic mass is 127. The third-order valence-electron chi connectivity index (χ3n) is 3.86. The molecule has 9 nitrogen and oxygen atoms in total. The van der Waals surface area contributed by atoms with Crippen molar-refractivity contribution in [1.82, 2.24) is 0 Å². The fourth-order valence-corrected chi connectivity index (χ4v) is 3.46. The smallest absolute Gasteiger partial charge is 0.252 e. The first-order valence-electron chi connectivity index (χ1n) is 10.9. The molecule has 2 aromatic rings. The molecule has 0 aliphatic heterocycles. The fraction of sp³-hybridized carbons (Fsp3) is 0.292. The van der Waals surface area contributed by atoms with Crippen molar-refractivity contribution in [3.63, 3.8) is 0 Å². The van der Waals surface area contributed by atoms with Crippen LogP contribution in [0.4, 0.5) is 22.7 Å². The van der Waals surface area contributed by atoms with Gasteiger partial charge in [0.25, 0.3) is 5.24 Å². The molecule has 0 bridgehead atoms. The van der Waals surface area contributed by atoms with Gasteiger partial charge in [-0.1, -0.05) is 104 Å². The zero-order valence-electron chi connectivity index (χ0n) is 20.7. The number of hydrogen-bond donors (Lipinski definition) is 4. The van der Waals surface area contributed by atoms with Crippen LogP contribution >= 0.6 is 102 Å². The molecule has 0 radical (unpaired) electrons. The molecule has 0 spiro atoms. The fourth-order valence-electron chi connectivity index (χ4n) is 2.59. The van der Waals surface area contributed by atoms with Crippen LogP contribution in [-0.4, -0.2) is 46.6 Å². The Bertz CT molecular complexity index is 1060. The second-order valence-electron chi connectivity index (χ2n) is 6.89. The summed E-state index contributed by atoms with van der Waals surface area (Å²) in [6, 6.07) is 9.96. The molecule has 0 atom stereocenters. The highest BCUT2D eigenvalue weighted by molar-refractivity contribution is 14.1. The molecule has 0 aliphatic carbocycles. The Morgan fingerprint density at radius 2 is 0.842 bits per heavy atom. The summed E-state index contributed by atoms with van der Waals surface area (Å²) in [4.78, 5) is 56.4. The molecule has 208 valence electrons. The topological polar surface area (TPSA) is 133 Å². The molecule has 14 heteroatoms. The summed E-state index contributed by atoms with van der Waals surface area (Å²) in [5, 5.41) is 10.1. The van der Waals surface area contributed by atoms with Crippen LogP contribution in [0.2, 0.25) is 0 Å².